The summed E-state index contributed by atoms with van der Waals surface area (Å²) in [5.74, 6) is -3.58. The van der Waals surface area contributed by atoms with E-state index in [1.54, 1.807) is 44.7 Å². The fourth-order valence-corrected chi connectivity index (χ4v) is 4.71. The number of halogens is 2. The van der Waals surface area contributed by atoms with Gasteiger partial charge < -0.3 is 24.6 Å². The molecule has 3 aromatic carbocycles. The van der Waals surface area contributed by atoms with E-state index in [4.69, 9.17) is 14.2 Å². The van der Waals surface area contributed by atoms with Gasteiger partial charge in [-0.1, -0.05) is 18.2 Å². The van der Waals surface area contributed by atoms with Crippen LogP contribution in [-0.2, 0) is 22.6 Å². The van der Waals surface area contributed by atoms with E-state index in [9.17, 15) is 23.5 Å². The Bertz CT molecular complexity index is 1560. The molecule has 1 aromatic heterocycles. The molecule has 1 amide bonds. The Kier molecular flexibility index (Phi) is 9.14. The predicted octanol–water partition coefficient (Wildman–Crippen LogP) is 5.47. The molecule has 2 N–H and O–H groups in total. The minimum absolute atomic E-state index is 0.166. The second kappa shape index (κ2) is 12.7. The van der Waals surface area contributed by atoms with Crippen LogP contribution in [0.2, 0.25) is 0 Å². The van der Waals surface area contributed by atoms with E-state index in [-0.39, 0.29) is 6.42 Å². The molecule has 1 atom stereocenters. The highest BCUT2D eigenvalue weighted by molar-refractivity contribution is 6.00. The van der Waals surface area contributed by atoms with Crippen molar-refractivity contribution in [3.63, 3.8) is 0 Å². The third-order valence-electron chi connectivity index (χ3n) is 6.61. The third-order valence-corrected chi connectivity index (χ3v) is 6.61. The molecule has 41 heavy (non-hydrogen) atoms. The van der Waals surface area contributed by atoms with Crippen molar-refractivity contribution >= 4 is 22.8 Å². The second-order valence-electron chi connectivity index (χ2n) is 9.36. The van der Waals surface area contributed by atoms with Crippen LogP contribution >= 0.6 is 0 Å². The number of aryl methyl sites for hydroxylation is 1. The molecule has 8 nitrogen and oxygen atoms in total. The van der Waals surface area contributed by atoms with E-state index in [0.29, 0.717) is 57.9 Å². The topological polar surface area (TPSA) is 107 Å². The van der Waals surface area contributed by atoms with Crippen molar-refractivity contribution < 1.29 is 37.7 Å². The van der Waals surface area contributed by atoms with Crippen molar-refractivity contribution in [1.29, 1.82) is 0 Å². The SMILES string of the molecule is CCOCc1cc(OC)c(-c2ccc(C[C@H](NC(=O)c3c(F)cc(C)cc3F)C(=O)O)c3cccnc23)c(OC)c1. The first-order valence-electron chi connectivity index (χ1n) is 12.9. The number of carboxylic acids is 1. The van der Waals surface area contributed by atoms with E-state index in [2.05, 4.69) is 10.3 Å². The molecule has 0 aliphatic heterocycles. The fraction of sp³-hybridized carbons (Fsp3) is 0.258. The molecule has 0 bridgehead atoms. The number of pyridine rings is 1. The lowest BCUT2D eigenvalue weighted by Gasteiger charge is -2.19. The van der Waals surface area contributed by atoms with Crippen molar-refractivity contribution in [3.05, 3.63) is 88.6 Å². The quantitative estimate of drug-likeness (QED) is 0.249. The molecule has 0 saturated heterocycles. The number of aliphatic carboxylic acids is 1. The first-order valence-corrected chi connectivity index (χ1v) is 12.9. The first-order chi connectivity index (χ1) is 19.7. The molecule has 0 unspecified atom stereocenters. The van der Waals surface area contributed by atoms with Gasteiger partial charge in [0.15, 0.2) is 0 Å². The Balaban J connectivity index is 1.74. The molecular weight excluding hydrogens is 534 g/mol. The fourth-order valence-electron chi connectivity index (χ4n) is 4.71. The van der Waals surface area contributed by atoms with Crippen LogP contribution < -0.4 is 14.8 Å². The second-order valence-corrected chi connectivity index (χ2v) is 9.36. The minimum atomic E-state index is -1.47. The highest BCUT2D eigenvalue weighted by atomic mass is 19.1. The number of benzene rings is 3. The Labute approximate surface area is 235 Å². The number of carbonyl (C=O) groups is 2. The Morgan fingerprint density at radius 3 is 2.27 bits per heavy atom. The van der Waals surface area contributed by atoms with Crippen LogP contribution in [0.1, 0.15) is 34.0 Å². The maximum absolute atomic E-state index is 14.4. The molecular formula is C31H30F2N2O6. The van der Waals surface area contributed by atoms with E-state index in [1.807, 2.05) is 19.1 Å². The van der Waals surface area contributed by atoms with Gasteiger partial charge in [0.05, 0.1) is 31.9 Å². The monoisotopic (exact) mass is 564 g/mol. The van der Waals surface area contributed by atoms with E-state index in [0.717, 1.165) is 17.7 Å². The van der Waals surface area contributed by atoms with Gasteiger partial charge in [-0.25, -0.2) is 13.6 Å². The van der Waals surface area contributed by atoms with Gasteiger partial charge in [0, 0.05) is 30.2 Å². The smallest absolute Gasteiger partial charge is 0.326 e. The number of amides is 1. The van der Waals surface area contributed by atoms with Gasteiger partial charge in [-0.05, 0) is 60.9 Å². The molecule has 0 fully saturated rings. The number of fused-ring (bicyclic) bond motifs is 1. The van der Waals surface area contributed by atoms with Gasteiger partial charge in [0.25, 0.3) is 5.91 Å². The van der Waals surface area contributed by atoms with Gasteiger partial charge in [0.2, 0.25) is 0 Å². The number of methoxy groups -OCH3 is 2. The molecule has 0 spiro atoms. The normalized spacial score (nSPS) is 11.8. The van der Waals surface area contributed by atoms with Crippen LogP contribution in [0.15, 0.2) is 54.7 Å². The first kappa shape index (κ1) is 29.4. The van der Waals surface area contributed by atoms with Crippen LogP contribution in [0, 0.1) is 18.6 Å². The number of carbonyl (C=O) groups excluding carboxylic acids is 1. The standard InChI is InChI=1S/C31H30F2N2O6/c1-5-41-16-18-13-25(39-3)27(26(14-18)40-4)21-9-8-19(20-7-6-10-34-29(20)21)15-24(31(37)38)35-30(36)28-22(32)11-17(2)12-23(28)33/h6-14,24H,5,15-16H2,1-4H3,(H,35,36)(H,37,38)/t24-/m0/s1. The van der Waals surface area contributed by atoms with Crippen molar-refractivity contribution in [1.82, 2.24) is 10.3 Å². The molecule has 214 valence electrons. The van der Waals surface area contributed by atoms with Gasteiger partial charge in [-0.2, -0.15) is 0 Å². The summed E-state index contributed by atoms with van der Waals surface area (Å²) in [6.45, 7) is 4.31. The summed E-state index contributed by atoms with van der Waals surface area (Å²) in [6, 6.07) is 11.2. The van der Waals surface area contributed by atoms with Gasteiger partial charge >= 0.3 is 5.97 Å². The number of hydrogen-bond acceptors (Lipinski definition) is 6. The van der Waals surface area contributed by atoms with Crippen LogP contribution in [0.5, 0.6) is 11.5 Å². The third kappa shape index (κ3) is 6.28. The average molecular weight is 565 g/mol. The van der Waals surface area contributed by atoms with Crippen LogP contribution in [0.25, 0.3) is 22.0 Å². The van der Waals surface area contributed by atoms with Crippen molar-refractivity contribution in [2.45, 2.75) is 32.9 Å². The Morgan fingerprint density at radius 1 is 1.02 bits per heavy atom. The van der Waals surface area contributed by atoms with Crippen LogP contribution in [0.4, 0.5) is 8.78 Å². The zero-order chi connectivity index (χ0) is 29.7. The molecule has 0 aliphatic carbocycles. The van der Waals surface area contributed by atoms with Crippen molar-refractivity contribution in [3.8, 4) is 22.6 Å². The minimum Gasteiger partial charge on any atom is -0.496 e. The van der Waals surface area contributed by atoms with Crippen LogP contribution in [-0.4, -0.2) is 48.8 Å². The summed E-state index contributed by atoms with van der Waals surface area (Å²) in [5.41, 5.74) is 2.75. The molecule has 4 aromatic rings. The van der Waals surface area contributed by atoms with E-state index in [1.165, 1.54) is 6.92 Å². The summed E-state index contributed by atoms with van der Waals surface area (Å²) in [7, 11) is 3.10. The summed E-state index contributed by atoms with van der Waals surface area (Å²) in [4.78, 5) is 29.4. The number of nitrogens with zero attached hydrogens (tertiary/aromatic N) is 1. The number of aromatic nitrogens is 1. The molecule has 1 heterocycles. The van der Waals surface area contributed by atoms with Gasteiger partial charge in [-0.3, -0.25) is 9.78 Å². The van der Waals surface area contributed by atoms with Crippen molar-refractivity contribution in [2.75, 3.05) is 20.8 Å². The predicted molar refractivity (Wildman–Crippen MR) is 149 cm³/mol. The number of nitrogens with one attached hydrogen (secondary N) is 1. The zero-order valence-corrected chi connectivity index (χ0v) is 23.1. The number of hydrogen-bond donors (Lipinski definition) is 2. The lowest BCUT2D eigenvalue weighted by Crippen LogP contribution is -2.43. The maximum Gasteiger partial charge on any atom is 0.326 e. The Hall–Kier alpha value is -4.57. The largest absolute Gasteiger partial charge is 0.496 e. The van der Waals surface area contributed by atoms with E-state index < -0.39 is 35.1 Å². The lowest BCUT2D eigenvalue weighted by molar-refractivity contribution is -0.139. The zero-order valence-electron chi connectivity index (χ0n) is 23.1. The Morgan fingerprint density at radius 2 is 1.68 bits per heavy atom. The molecule has 10 heteroatoms. The lowest BCUT2D eigenvalue weighted by atomic mass is 9.93. The molecule has 0 aliphatic rings. The summed E-state index contributed by atoms with van der Waals surface area (Å²) in [5, 5.41) is 12.8. The van der Waals surface area contributed by atoms with E-state index >= 15 is 0 Å². The summed E-state index contributed by atoms with van der Waals surface area (Å²) < 4.78 is 45.7. The summed E-state index contributed by atoms with van der Waals surface area (Å²) in [6.07, 6.45) is 1.44. The van der Waals surface area contributed by atoms with Gasteiger partial charge in [-0.15, -0.1) is 0 Å². The highest BCUT2D eigenvalue weighted by Gasteiger charge is 2.27. The molecule has 4 rings (SSSR count). The number of carboxylic acid groups (broad SMARTS) is 1. The average Bonchev–Trinajstić information content (AvgIpc) is 2.94. The van der Waals surface area contributed by atoms with Crippen LogP contribution in [0.3, 0.4) is 0 Å². The maximum atomic E-state index is 14.4. The van der Waals surface area contributed by atoms with Gasteiger partial charge in [0.1, 0.15) is 34.7 Å². The number of rotatable bonds is 11. The molecule has 0 radical (unpaired) electrons. The number of ether oxygens (including phenoxy) is 3. The van der Waals surface area contributed by atoms with Crippen molar-refractivity contribution in [2.24, 2.45) is 0 Å². The summed E-state index contributed by atoms with van der Waals surface area (Å²) >= 11 is 0. The highest BCUT2D eigenvalue weighted by Crippen LogP contribution is 2.43. The molecule has 0 saturated carbocycles.